The molecule has 6 nitrogen and oxygen atoms in total. The number of sulfone groups is 1. The first-order valence-corrected chi connectivity index (χ1v) is 16.0. The van der Waals surface area contributed by atoms with E-state index in [2.05, 4.69) is 31.5 Å². The molecule has 0 aliphatic heterocycles. The van der Waals surface area contributed by atoms with Crippen LogP contribution in [-0.2, 0) is 34.5 Å². The molecule has 210 valence electrons. The first-order chi connectivity index (χ1) is 18.9. The number of aromatic nitrogens is 1. The maximum Gasteiger partial charge on any atom is 0.255 e. The molecule has 1 aromatic heterocycles. The van der Waals surface area contributed by atoms with E-state index in [1.807, 2.05) is 18.2 Å². The molecule has 0 saturated heterocycles. The predicted molar refractivity (Wildman–Crippen MR) is 163 cm³/mol. The summed E-state index contributed by atoms with van der Waals surface area (Å²) in [5.41, 5.74) is 3.72. The second kappa shape index (κ2) is 12.5. The molecule has 0 radical (unpaired) electrons. The van der Waals surface area contributed by atoms with Gasteiger partial charge in [0.2, 0.25) is 0 Å². The van der Waals surface area contributed by atoms with Crippen LogP contribution >= 0.6 is 22.9 Å². The van der Waals surface area contributed by atoms with Crippen LogP contribution in [0.15, 0.2) is 77.0 Å². The number of amides is 1. The summed E-state index contributed by atoms with van der Waals surface area (Å²) in [6, 6.07) is 18.5. The number of rotatable bonds is 10. The van der Waals surface area contributed by atoms with Gasteiger partial charge in [-0.1, -0.05) is 50.6 Å². The highest BCUT2D eigenvalue weighted by molar-refractivity contribution is 7.91. The smallest absolute Gasteiger partial charge is 0.255 e. The third kappa shape index (κ3) is 7.93. The number of nitrogens with one attached hydrogen (secondary N) is 1. The number of hydrogen-bond donors (Lipinski definition) is 2. The average Bonchev–Trinajstić information content (AvgIpc) is 3.40. The lowest BCUT2D eigenvalue weighted by Crippen LogP contribution is -2.13. The van der Waals surface area contributed by atoms with Crippen LogP contribution in [0.1, 0.15) is 59.4 Å². The first-order valence-electron chi connectivity index (χ1n) is 13.1. The summed E-state index contributed by atoms with van der Waals surface area (Å²) in [4.78, 5) is 18.0. The van der Waals surface area contributed by atoms with Crippen LogP contribution in [0.2, 0.25) is 5.02 Å². The SMILES string of the molecule is CC(C)(C)c1csc(CCc2cccc(C(=O)Nc3cc(CCCS(=O)(=O)c4ccc(Cl)cc4)ccc3O)c2)n1. The summed E-state index contributed by atoms with van der Waals surface area (Å²) in [5, 5.41) is 16.8. The zero-order valence-corrected chi connectivity index (χ0v) is 25.2. The van der Waals surface area contributed by atoms with E-state index in [0.717, 1.165) is 34.7 Å². The second-order valence-electron chi connectivity index (χ2n) is 10.8. The third-order valence-electron chi connectivity index (χ3n) is 6.50. The van der Waals surface area contributed by atoms with Crippen LogP contribution in [0, 0.1) is 0 Å². The Morgan fingerprint density at radius 2 is 1.70 bits per heavy atom. The Bertz CT molecular complexity index is 1590. The summed E-state index contributed by atoms with van der Waals surface area (Å²) in [6.45, 7) is 6.44. The number of phenols is 1. The highest BCUT2D eigenvalue weighted by atomic mass is 35.5. The number of hydrogen-bond acceptors (Lipinski definition) is 6. The molecular formula is C31H33ClN2O4S2. The molecule has 2 N–H and O–H groups in total. The van der Waals surface area contributed by atoms with Crippen molar-refractivity contribution in [2.24, 2.45) is 0 Å². The highest BCUT2D eigenvalue weighted by Crippen LogP contribution is 2.27. The number of benzene rings is 3. The van der Waals surface area contributed by atoms with Crippen molar-refractivity contribution in [1.29, 1.82) is 0 Å². The highest BCUT2D eigenvalue weighted by Gasteiger charge is 2.18. The predicted octanol–water partition coefficient (Wildman–Crippen LogP) is 7.24. The number of aromatic hydroxyl groups is 1. The van der Waals surface area contributed by atoms with Gasteiger partial charge in [-0.15, -0.1) is 11.3 Å². The van der Waals surface area contributed by atoms with Crippen molar-refractivity contribution < 1.29 is 18.3 Å². The molecule has 0 aliphatic rings. The van der Waals surface area contributed by atoms with Crippen molar-refractivity contribution in [1.82, 2.24) is 4.98 Å². The van der Waals surface area contributed by atoms with Crippen molar-refractivity contribution in [3.8, 4) is 5.75 Å². The van der Waals surface area contributed by atoms with Gasteiger partial charge < -0.3 is 10.4 Å². The van der Waals surface area contributed by atoms with Crippen molar-refractivity contribution >= 4 is 44.4 Å². The third-order valence-corrected chi connectivity index (χ3v) is 9.47. The van der Waals surface area contributed by atoms with Crippen LogP contribution in [0.25, 0.3) is 0 Å². The molecule has 1 amide bonds. The van der Waals surface area contributed by atoms with Gasteiger partial charge in [0.05, 0.1) is 27.0 Å². The van der Waals surface area contributed by atoms with E-state index in [1.165, 1.54) is 18.2 Å². The molecule has 3 aromatic carbocycles. The van der Waals surface area contributed by atoms with Crippen molar-refractivity contribution in [3.63, 3.8) is 0 Å². The fourth-order valence-corrected chi connectivity index (χ4v) is 6.61. The van der Waals surface area contributed by atoms with E-state index < -0.39 is 9.84 Å². The minimum Gasteiger partial charge on any atom is -0.506 e. The molecule has 4 aromatic rings. The number of nitrogens with zero attached hydrogens (tertiary/aromatic N) is 1. The number of aryl methyl sites for hydroxylation is 3. The summed E-state index contributed by atoms with van der Waals surface area (Å²) < 4.78 is 25.2. The normalized spacial score (nSPS) is 11.9. The van der Waals surface area contributed by atoms with Gasteiger partial charge in [-0.05, 0) is 78.9 Å². The molecule has 0 aliphatic carbocycles. The lowest BCUT2D eigenvalue weighted by Gasteiger charge is -2.14. The number of phenolic OH excluding ortho intramolecular Hbond substituents is 1. The molecule has 4 rings (SSSR count). The Morgan fingerprint density at radius 3 is 2.40 bits per heavy atom. The Kier molecular flexibility index (Phi) is 9.33. The van der Waals surface area contributed by atoms with Crippen molar-refractivity contribution in [2.45, 2.75) is 56.8 Å². The quantitative estimate of drug-likeness (QED) is 0.188. The maximum absolute atomic E-state index is 13.0. The topological polar surface area (TPSA) is 96.4 Å². The largest absolute Gasteiger partial charge is 0.506 e. The van der Waals surface area contributed by atoms with Gasteiger partial charge >= 0.3 is 0 Å². The average molecular weight is 597 g/mol. The minimum atomic E-state index is -3.43. The van der Waals surface area contributed by atoms with Crippen LogP contribution in [0.4, 0.5) is 5.69 Å². The molecule has 0 unspecified atom stereocenters. The van der Waals surface area contributed by atoms with Gasteiger partial charge in [0.25, 0.3) is 5.91 Å². The van der Waals surface area contributed by atoms with Gasteiger partial charge in [0.15, 0.2) is 9.84 Å². The van der Waals surface area contributed by atoms with Crippen LogP contribution in [0.5, 0.6) is 5.75 Å². The second-order valence-corrected chi connectivity index (χ2v) is 14.2. The zero-order valence-electron chi connectivity index (χ0n) is 22.8. The molecule has 0 saturated carbocycles. The Balaban J connectivity index is 1.36. The maximum atomic E-state index is 13.0. The van der Waals surface area contributed by atoms with E-state index in [1.54, 1.807) is 41.7 Å². The molecule has 40 heavy (non-hydrogen) atoms. The van der Waals surface area contributed by atoms with Gasteiger partial charge in [-0.25, -0.2) is 13.4 Å². The van der Waals surface area contributed by atoms with Gasteiger partial charge in [-0.3, -0.25) is 4.79 Å². The van der Waals surface area contributed by atoms with E-state index in [-0.39, 0.29) is 33.4 Å². The van der Waals surface area contributed by atoms with E-state index >= 15 is 0 Å². The van der Waals surface area contributed by atoms with Gasteiger partial charge in [0.1, 0.15) is 5.75 Å². The summed E-state index contributed by atoms with van der Waals surface area (Å²) in [6.07, 6.45) is 2.42. The van der Waals surface area contributed by atoms with E-state index in [0.29, 0.717) is 23.4 Å². The molecule has 9 heteroatoms. The first kappa shape index (κ1) is 29.8. The zero-order chi connectivity index (χ0) is 28.9. The van der Waals surface area contributed by atoms with Gasteiger partial charge in [0, 0.05) is 27.8 Å². The standard InChI is InChI=1S/C31H33ClN2O4S2/c1-31(2,3)28-20-39-29(34-28)16-10-21-6-4-8-23(18-21)30(36)33-26-19-22(9-15-27(26)35)7-5-17-40(37,38)25-13-11-24(32)12-14-25/h4,6,8-9,11-15,18-20,35H,5,7,10,16-17H2,1-3H3,(H,33,36). The van der Waals surface area contributed by atoms with Crippen LogP contribution < -0.4 is 5.32 Å². The number of thiazole rings is 1. The molecule has 0 fully saturated rings. The lowest BCUT2D eigenvalue weighted by molar-refractivity contribution is 0.102. The summed E-state index contributed by atoms with van der Waals surface area (Å²) in [5.74, 6) is -0.410. The van der Waals surface area contributed by atoms with Crippen molar-refractivity contribution in [2.75, 3.05) is 11.1 Å². The number of carbonyl (C=O) groups excluding carboxylic acids is 1. The molecule has 0 spiro atoms. The van der Waals surface area contributed by atoms with Crippen LogP contribution in [0.3, 0.4) is 0 Å². The molecular weight excluding hydrogens is 564 g/mol. The molecule has 0 atom stereocenters. The summed E-state index contributed by atoms with van der Waals surface area (Å²) >= 11 is 7.52. The number of carbonyl (C=O) groups is 1. The van der Waals surface area contributed by atoms with Crippen molar-refractivity contribution in [3.05, 3.63) is 105 Å². The molecule has 0 bridgehead atoms. The van der Waals surface area contributed by atoms with Crippen LogP contribution in [-0.4, -0.2) is 30.2 Å². The van der Waals surface area contributed by atoms with E-state index in [4.69, 9.17) is 16.6 Å². The Hall–Kier alpha value is -3.20. The number of anilines is 1. The monoisotopic (exact) mass is 596 g/mol. The Morgan fingerprint density at radius 1 is 0.975 bits per heavy atom. The van der Waals surface area contributed by atoms with Gasteiger partial charge in [-0.2, -0.15) is 0 Å². The Labute approximate surface area is 245 Å². The summed E-state index contributed by atoms with van der Waals surface area (Å²) in [7, 11) is -3.43. The molecule has 1 heterocycles. The number of halogens is 1. The lowest BCUT2D eigenvalue weighted by atomic mass is 9.93. The van der Waals surface area contributed by atoms with E-state index in [9.17, 15) is 18.3 Å². The fourth-order valence-electron chi connectivity index (χ4n) is 4.15. The fraction of sp³-hybridized carbons (Fsp3) is 0.290. The minimum absolute atomic E-state index is 0.0186.